The topological polar surface area (TPSA) is 61.4 Å². The lowest BCUT2D eigenvalue weighted by atomic mass is 10.2. The number of hydrogen-bond acceptors (Lipinski definition) is 5. The monoisotopic (exact) mass is 355 g/mol. The largest absolute Gasteiger partial charge is 0.351 e. The number of nitrogens with one attached hydrogen (secondary N) is 1. The fourth-order valence-corrected chi connectivity index (χ4v) is 2.57. The molecule has 6 heteroatoms. The third-order valence-electron chi connectivity index (χ3n) is 4.02. The maximum atomic E-state index is 12.4. The highest BCUT2D eigenvalue weighted by Gasteiger charge is 2.16. The summed E-state index contributed by atoms with van der Waals surface area (Å²) in [7, 11) is 4.04. The lowest BCUT2D eigenvalue weighted by Gasteiger charge is -2.27. The zero-order valence-corrected chi connectivity index (χ0v) is 16.1. The Kier molecular flexibility index (Phi) is 7.53. The first-order valence-corrected chi connectivity index (χ1v) is 9.04. The summed E-state index contributed by atoms with van der Waals surface area (Å²) in [6, 6.07) is 12.1. The van der Waals surface area contributed by atoms with Crippen molar-refractivity contribution in [3.05, 3.63) is 53.9 Å². The number of anilines is 1. The van der Waals surface area contributed by atoms with E-state index in [0.717, 1.165) is 13.0 Å². The average Bonchev–Trinajstić information content (AvgIpc) is 2.63. The minimum atomic E-state index is -0.157. The molecule has 0 saturated heterocycles. The maximum absolute atomic E-state index is 12.4. The summed E-state index contributed by atoms with van der Waals surface area (Å²) in [5.41, 5.74) is 1.59. The molecule has 1 N–H and O–H groups in total. The lowest BCUT2D eigenvalue weighted by molar-refractivity contribution is 0.0947. The van der Waals surface area contributed by atoms with Gasteiger partial charge in [-0.15, -0.1) is 0 Å². The van der Waals surface area contributed by atoms with Crippen LogP contribution >= 0.6 is 0 Å². The molecule has 0 saturated carbocycles. The highest BCUT2D eigenvalue weighted by molar-refractivity contribution is 5.92. The summed E-state index contributed by atoms with van der Waals surface area (Å²) in [4.78, 5) is 25.4. The summed E-state index contributed by atoms with van der Waals surface area (Å²) in [6.07, 6.45) is 2.56. The van der Waals surface area contributed by atoms with Gasteiger partial charge in [-0.2, -0.15) is 0 Å². The number of aromatic nitrogens is 2. The minimum absolute atomic E-state index is 0.157. The van der Waals surface area contributed by atoms with Crippen LogP contribution in [0.15, 0.2) is 42.6 Å². The number of carbonyl (C=O) groups excluding carboxylic acids is 1. The van der Waals surface area contributed by atoms with Crippen molar-refractivity contribution in [2.45, 2.75) is 32.9 Å². The molecule has 0 spiro atoms. The number of nitrogens with zero attached hydrogens (tertiary/aromatic N) is 4. The predicted octanol–water partition coefficient (Wildman–Crippen LogP) is 2.57. The zero-order valence-electron chi connectivity index (χ0n) is 16.1. The number of benzene rings is 1. The molecule has 1 heterocycles. The standard InChI is InChI=1S/C20H29N5O/c1-16(2)25(15-17-9-6-5-7-10-17)20-22-13-11-18(23-20)19(26)21-12-8-14-24(3)4/h5-7,9-11,13,16H,8,12,14-15H2,1-4H3,(H,21,26). The average molecular weight is 355 g/mol. The summed E-state index contributed by atoms with van der Waals surface area (Å²) >= 11 is 0. The summed E-state index contributed by atoms with van der Waals surface area (Å²) in [6.45, 7) is 6.47. The molecule has 1 aromatic carbocycles. The maximum Gasteiger partial charge on any atom is 0.270 e. The first-order chi connectivity index (χ1) is 12.5. The molecule has 0 aliphatic rings. The van der Waals surface area contributed by atoms with Crippen LogP contribution in [0.25, 0.3) is 0 Å². The number of carbonyl (C=O) groups is 1. The number of amides is 1. The SMILES string of the molecule is CC(C)N(Cc1ccccc1)c1nccc(C(=O)NCCCN(C)C)n1. The van der Waals surface area contributed by atoms with Crippen LogP contribution in [0.2, 0.25) is 0 Å². The van der Waals surface area contributed by atoms with E-state index in [1.54, 1.807) is 12.3 Å². The van der Waals surface area contributed by atoms with Crippen LogP contribution in [0, 0.1) is 0 Å². The highest BCUT2D eigenvalue weighted by Crippen LogP contribution is 2.16. The van der Waals surface area contributed by atoms with E-state index in [0.29, 0.717) is 24.7 Å². The Morgan fingerprint density at radius 3 is 2.54 bits per heavy atom. The number of hydrogen-bond donors (Lipinski definition) is 1. The van der Waals surface area contributed by atoms with Crippen molar-refractivity contribution in [2.24, 2.45) is 0 Å². The Morgan fingerprint density at radius 1 is 1.15 bits per heavy atom. The molecule has 1 amide bonds. The number of rotatable bonds is 9. The molecule has 0 aliphatic carbocycles. The van der Waals surface area contributed by atoms with Gasteiger partial charge in [-0.05, 0) is 52.5 Å². The van der Waals surface area contributed by atoms with Crippen LogP contribution < -0.4 is 10.2 Å². The van der Waals surface area contributed by atoms with Gasteiger partial charge in [-0.25, -0.2) is 9.97 Å². The fraction of sp³-hybridized carbons (Fsp3) is 0.450. The van der Waals surface area contributed by atoms with Gasteiger partial charge < -0.3 is 15.1 Å². The first kappa shape index (κ1) is 19.8. The smallest absolute Gasteiger partial charge is 0.270 e. The van der Waals surface area contributed by atoms with Crippen molar-refractivity contribution in [2.75, 3.05) is 32.1 Å². The van der Waals surface area contributed by atoms with Gasteiger partial charge >= 0.3 is 0 Å². The van der Waals surface area contributed by atoms with E-state index in [9.17, 15) is 4.79 Å². The fourth-order valence-electron chi connectivity index (χ4n) is 2.57. The Morgan fingerprint density at radius 2 is 1.88 bits per heavy atom. The first-order valence-electron chi connectivity index (χ1n) is 9.04. The molecule has 0 fully saturated rings. The third kappa shape index (κ3) is 6.11. The molecular weight excluding hydrogens is 326 g/mol. The van der Waals surface area contributed by atoms with E-state index in [1.807, 2.05) is 32.3 Å². The van der Waals surface area contributed by atoms with E-state index in [1.165, 1.54) is 5.56 Å². The van der Waals surface area contributed by atoms with E-state index < -0.39 is 0 Å². The Labute approximate surface area is 156 Å². The van der Waals surface area contributed by atoms with E-state index in [-0.39, 0.29) is 11.9 Å². The molecule has 0 aliphatic heterocycles. The third-order valence-corrected chi connectivity index (χ3v) is 4.02. The molecule has 2 aromatic rings. The van der Waals surface area contributed by atoms with Gasteiger partial charge in [0.15, 0.2) is 0 Å². The van der Waals surface area contributed by atoms with Crippen LogP contribution in [0.3, 0.4) is 0 Å². The highest BCUT2D eigenvalue weighted by atomic mass is 16.1. The van der Waals surface area contributed by atoms with E-state index in [4.69, 9.17) is 0 Å². The predicted molar refractivity (Wildman–Crippen MR) is 105 cm³/mol. The van der Waals surface area contributed by atoms with E-state index in [2.05, 4.69) is 51.1 Å². The molecule has 26 heavy (non-hydrogen) atoms. The van der Waals surface area contributed by atoms with Crippen molar-refractivity contribution >= 4 is 11.9 Å². The van der Waals surface area contributed by atoms with Crippen LogP contribution in [0.1, 0.15) is 36.3 Å². The van der Waals surface area contributed by atoms with Crippen molar-refractivity contribution in [1.29, 1.82) is 0 Å². The molecule has 0 atom stereocenters. The Hall–Kier alpha value is -2.47. The molecule has 2 rings (SSSR count). The van der Waals surface area contributed by atoms with Crippen LogP contribution in [-0.2, 0) is 6.54 Å². The van der Waals surface area contributed by atoms with Gasteiger partial charge in [0.2, 0.25) is 5.95 Å². The second-order valence-electron chi connectivity index (χ2n) is 6.86. The van der Waals surface area contributed by atoms with Crippen LogP contribution in [-0.4, -0.2) is 54.0 Å². The summed E-state index contributed by atoms with van der Waals surface area (Å²) in [5, 5.41) is 2.92. The van der Waals surface area contributed by atoms with Crippen molar-refractivity contribution in [3.63, 3.8) is 0 Å². The Balaban J connectivity index is 2.06. The van der Waals surface area contributed by atoms with Crippen molar-refractivity contribution in [3.8, 4) is 0 Å². The van der Waals surface area contributed by atoms with Crippen molar-refractivity contribution < 1.29 is 4.79 Å². The lowest BCUT2D eigenvalue weighted by Crippen LogP contribution is -2.33. The van der Waals surface area contributed by atoms with Gasteiger partial charge in [0.25, 0.3) is 5.91 Å². The van der Waals surface area contributed by atoms with Gasteiger partial charge in [-0.1, -0.05) is 30.3 Å². The zero-order chi connectivity index (χ0) is 18.9. The molecule has 6 nitrogen and oxygen atoms in total. The molecule has 1 aromatic heterocycles. The summed E-state index contributed by atoms with van der Waals surface area (Å²) in [5.74, 6) is 0.417. The van der Waals surface area contributed by atoms with Gasteiger partial charge in [-0.3, -0.25) is 4.79 Å². The Bertz CT molecular complexity index is 688. The minimum Gasteiger partial charge on any atom is -0.351 e. The van der Waals surface area contributed by atoms with E-state index >= 15 is 0 Å². The second-order valence-corrected chi connectivity index (χ2v) is 6.86. The van der Waals surface area contributed by atoms with Crippen LogP contribution in [0.4, 0.5) is 5.95 Å². The van der Waals surface area contributed by atoms with Crippen molar-refractivity contribution in [1.82, 2.24) is 20.2 Å². The van der Waals surface area contributed by atoms with Crippen LogP contribution in [0.5, 0.6) is 0 Å². The quantitative estimate of drug-likeness (QED) is 0.701. The normalized spacial score (nSPS) is 11.0. The molecule has 0 bridgehead atoms. The molecule has 0 radical (unpaired) electrons. The van der Waals surface area contributed by atoms with Gasteiger partial charge in [0, 0.05) is 25.3 Å². The second kappa shape index (κ2) is 9.87. The van der Waals surface area contributed by atoms with Gasteiger partial charge in [0.1, 0.15) is 5.69 Å². The molecule has 140 valence electrons. The molecule has 0 unspecified atom stereocenters. The summed E-state index contributed by atoms with van der Waals surface area (Å²) < 4.78 is 0. The van der Waals surface area contributed by atoms with Gasteiger partial charge in [0.05, 0.1) is 0 Å². The molecular formula is C20H29N5O.